The number of methoxy groups -OCH3 is 1. The molecule has 0 amide bonds. The number of hydrogen-bond donors (Lipinski definition) is 1. The van der Waals surface area contributed by atoms with Crippen LogP contribution in [-0.4, -0.2) is 61.3 Å². The summed E-state index contributed by atoms with van der Waals surface area (Å²) in [6.07, 6.45) is 1.29. The molecular formula is C13H28N2OS. The molecule has 102 valence electrons. The zero-order valence-electron chi connectivity index (χ0n) is 11.8. The van der Waals surface area contributed by atoms with Crippen molar-refractivity contribution < 1.29 is 4.74 Å². The third-order valence-corrected chi connectivity index (χ3v) is 4.79. The molecule has 0 aliphatic carbocycles. The molecule has 0 bridgehead atoms. The van der Waals surface area contributed by atoms with Crippen LogP contribution in [0.2, 0.25) is 0 Å². The molecular weight excluding hydrogens is 232 g/mol. The lowest BCUT2D eigenvalue weighted by Crippen LogP contribution is -2.42. The van der Waals surface area contributed by atoms with Crippen molar-refractivity contribution in [3.05, 3.63) is 0 Å². The minimum absolute atomic E-state index is 0.456. The van der Waals surface area contributed by atoms with Crippen LogP contribution in [-0.2, 0) is 4.74 Å². The molecule has 0 spiro atoms. The number of hydrogen-bond acceptors (Lipinski definition) is 4. The fourth-order valence-corrected chi connectivity index (χ4v) is 3.21. The van der Waals surface area contributed by atoms with Gasteiger partial charge in [0.05, 0.1) is 6.61 Å². The highest BCUT2D eigenvalue weighted by Gasteiger charge is 2.25. The Balaban J connectivity index is 2.24. The predicted molar refractivity (Wildman–Crippen MR) is 76.9 cm³/mol. The SMILES string of the molecule is COCCNCC(C)N1CCSC(C)(C)CC1. The van der Waals surface area contributed by atoms with Gasteiger partial charge >= 0.3 is 0 Å². The summed E-state index contributed by atoms with van der Waals surface area (Å²) in [6.45, 7) is 12.3. The zero-order valence-corrected chi connectivity index (χ0v) is 12.6. The van der Waals surface area contributed by atoms with Gasteiger partial charge in [-0.15, -0.1) is 0 Å². The number of ether oxygens (including phenoxy) is 1. The Morgan fingerprint density at radius 2 is 2.18 bits per heavy atom. The maximum atomic E-state index is 5.04. The van der Waals surface area contributed by atoms with Crippen molar-refractivity contribution in [3.8, 4) is 0 Å². The third kappa shape index (κ3) is 6.09. The second kappa shape index (κ2) is 7.62. The minimum atomic E-state index is 0.456. The van der Waals surface area contributed by atoms with Crippen LogP contribution in [0, 0.1) is 0 Å². The molecule has 3 nitrogen and oxygen atoms in total. The molecule has 0 aromatic carbocycles. The average molecular weight is 260 g/mol. The molecule has 0 aromatic heterocycles. The first-order valence-electron chi connectivity index (χ1n) is 6.63. The molecule has 1 aliphatic rings. The normalized spacial score (nSPS) is 23.3. The Hall–Kier alpha value is 0.230. The Bertz CT molecular complexity index is 212. The lowest BCUT2D eigenvalue weighted by atomic mass is 10.1. The van der Waals surface area contributed by atoms with Gasteiger partial charge in [-0.1, -0.05) is 13.8 Å². The van der Waals surface area contributed by atoms with Gasteiger partial charge in [0, 0.05) is 43.3 Å². The Kier molecular flexibility index (Phi) is 6.85. The summed E-state index contributed by atoms with van der Waals surface area (Å²) < 4.78 is 5.49. The van der Waals surface area contributed by atoms with Gasteiger partial charge in [0.15, 0.2) is 0 Å². The molecule has 1 N–H and O–H groups in total. The van der Waals surface area contributed by atoms with Crippen LogP contribution < -0.4 is 5.32 Å². The van der Waals surface area contributed by atoms with Crippen LogP contribution in [0.25, 0.3) is 0 Å². The van der Waals surface area contributed by atoms with Crippen molar-refractivity contribution in [3.63, 3.8) is 0 Å². The molecule has 4 heteroatoms. The van der Waals surface area contributed by atoms with Gasteiger partial charge < -0.3 is 10.1 Å². The van der Waals surface area contributed by atoms with Crippen LogP contribution in [0.5, 0.6) is 0 Å². The first-order chi connectivity index (χ1) is 8.05. The van der Waals surface area contributed by atoms with E-state index in [0.29, 0.717) is 10.8 Å². The quantitative estimate of drug-likeness (QED) is 0.737. The van der Waals surface area contributed by atoms with Crippen molar-refractivity contribution in [1.82, 2.24) is 10.2 Å². The molecule has 1 fully saturated rings. The molecule has 0 aromatic rings. The standard InChI is InChI=1S/C13H28N2OS/c1-12(11-14-6-9-16-4)15-7-5-13(2,3)17-10-8-15/h12,14H,5-11H2,1-4H3. The van der Waals surface area contributed by atoms with Crippen LogP contribution in [0.15, 0.2) is 0 Å². The van der Waals surface area contributed by atoms with Gasteiger partial charge in [0.1, 0.15) is 0 Å². The first-order valence-corrected chi connectivity index (χ1v) is 7.61. The molecule has 0 saturated carbocycles. The van der Waals surface area contributed by atoms with E-state index in [1.54, 1.807) is 7.11 Å². The van der Waals surface area contributed by atoms with E-state index >= 15 is 0 Å². The van der Waals surface area contributed by atoms with Gasteiger partial charge in [-0.3, -0.25) is 4.90 Å². The summed E-state index contributed by atoms with van der Waals surface area (Å²) in [5.74, 6) is 1.26. The maximum Gasteiger partial charge on any atom is 0.0587 e. The Morgan fingerprint density at radius 1 is 1.41 bits per heavy atom. The largest absolute Gasteiger partial charge is 0.383 e. The predicted octanol–water partition coefficient (Wildman–Crippen LogP) is 1.83. The highest BCUT2D eigenvalue weighted by atomic mass is 32.2. The third-order valence-electron chi connectivity index (χ3n) is 3.42. The summed E-state index contributed by atoms with van der Waals surface area (Å²) in [7, 11) is 1.75. The van der Waals surface area contributed by atoms with Crippen molar-refractivity contribution in [2.75, 3.05) is 45.6 Å². The van der Waals surface area contributed by atoms with Gasteiger partial charge in [0.2, 0.25) is 0 Å². The molecule has 1 heterocycles. The second-order valence-corrected chi connectivity index (χ2v) is 7.24. The summed E-state index contributed by atoms with van der Waals surface area (Å²) in [5, 5.41) is 3.45. The lowest BCUT2D eigenvalue weighted by Gasteiger charge is -2.28. The topological polar surface area (TPSA) is 24.5 Å². The highest BCUT2D eigenvalue weighted by Crippen LogP contribution is 2.31. The maximum absolute atomic E-state index is 5.04. The van der Waals surface area contributed by atoms with Gasteiger partial charge in [0.25, 0.3) is 0 Å². The smallest absolute Gasteiger partial charge is 0.0587 e. The molecule has 1 unspecified atom stereocenters. The fraction of sp³-hybridized carbons (Fsp3) is 1.00. The molecule has 17 heavy (non-hydrogen) atoms. The molecule has 1 aliphatic heterocycles. The van der Waals surface area contributed by atoms with E-state index in [4.69, 9.17) is 4.74 Å². The van der Waals surface area contributed by atoms with E-state index < -0.39 is 0 Å². The van der Waals surface area contributed by atoms with E-state index in [9.17, 15) is 0 Å². The van der Waals surface area contributed by atoms with Gasteiger partial charge in [-0.2, -0.15) is 11.8 Å². The molecule has 1 rings (SSSR count). The molecule has 1 atom stereocenters. The van der Waals surface area contributed by atoms with Crippen molar-refractivity contribution in [2.45, 2.75) is 38.0 Å². The Labute approximate surface area is 111 Å². The monoisotopic (exact) mass is 260 g/mol. The fourth-order valence-electron chi connectivity index (χ4n) is 2.09. The summed E-state index contributed by atoms with van der Waals surface area (Å²) in [4.78, 5) is 2.61. The number of nitrogens with one attached hydrogen (secondary N) is 1. The van der Waals surface area contributed by atoms with Gasteiger partial charge in [-0.25, -0.2) is 0 Å². The summed E-state index contributed by atoms with van der Waals surface area (Å²) >= 11 is 2.11. The van der Waals surface area contributed by atoms with Crippen molar-refractivity contribution >= 4 is 11.8 Å². The van der Waals surface area contributed by atoms with Crippen molar-refractivity contribution in [1.29, 1.82) is 0 Å². The van der Waals surface area contributed by atoms with E-state index in [1.807, 2.05) is 0 Å². The van der Waals surface area contributed by atoms with E-state index in [-0.39, 0.29) is 0 Å². The number of thioether (sulfide) groups is 1. The van der Waals surface area contributed by atoms with Crippen LogP contribution in [0.3, 0.4) is 0 Å². The number of nitrogens with zero attached hydrogens (tertiary/aromatic N) is 1. The molecule has 0 radical (unpaired) electrons. The Morgan fingerprint density at radius 3 is 2.88 bits per heavy atom. The summed E-state index contributed by atoms with van der Waals surface area (Å²) in [5.41, 5.74) is 0. The van der Waals surface area contributed by atoms with Crippen LogP contribution in [0.4, 0.5) is 0 Å². The molecule has 1 saturated heterocycles. The average Bonchev–Trinajstić information content (AvgIpc) is 2.45. The van der Waals surface area contributed by atoms with E-state index in [1.165, 1.54) is 25.3 Å². The number of rotatable bonds is 6. The zero-order chi connectivity index (χ0) is 12.7. The summed E-state index contributed by atoms with van der Waals surface area (Å²) in [6, 6.07) is 0.626. The van der Waals surface area contributed by atoms with Crippen LogP contribution >= 0.6 is 11.8 Å². The lowest BCUT2D eigenvalue weighted by molar-refractivity contribution is 0.185. The first kappa shape index (κ1) is 15.3. The minimum Gasteiger partial charge on any atom is -0.383 e. The second-order valence-electron chi connectivity index (χ2n) is 5.44. The van der Waals surface area contributed by atoms with E-state index in [0.717, 1.165) is 19.7 Å². The van der Waals surface area contributed by atoms with Crippen molar-refractivity contribution in [2.24, 2.45) is 0 Å². The van der Waals surface area contributed by atoms with E-state index in [2.05, 4.69) is 42.7 Å². The van der Waals surface area contributed by atoms with Crippen LogP contribution in [0.1, 0.15) is 27.2 Å². The highest BCUT2D eigenvalue weighted by molar-refractivity contribution is 8.00. The van der Waals surface area contributed by atoms with Gasteiger partial charge in [-0.05, 0) is 19.9 Å².